The molecule has 0 unspecified atom stereocenters. The minimum absolute atomic E-state index is 0.0982. The Balaban J connectivity index is 3.44. The van der Waals surface area contributed by atoms with E-state index in [9.17, 15) is 4.39 Å². The van der Waals surface area contributed by atoms with E-state index in [0.29, 0.717) is 15.8 Å². The maximum absolute atomic E-state index is 13.9. The number of benzene rings is 1. The van der Waals surface area contributed by atoms with Gasteiger partial charge >= 0.3 is 0 Å². The van der Waals surface area contributed by atoms with Gasteiger partial charge in [-0.25, -0.2) is 4.39 Å². The van der Waals surface area contributed by atoms with Crippen LogP contribution < -0.4 is 9.47 Å². The lowest BCUT2D eigenvalue weighted by atomic mass is 10.0. The van der Waals surface area contributed by atoms with Crippen molar-refractivity contribution in [2.45, 2.75) is 19.8 Å². The van der Waals surface area contributed by atoms with Crippen molar-refractivity contribution in [3.05, 3.63) is 21.9 Å². The SMILES string of the molecule is COc1c(Br)cc(C(C)C)c(F)c1OC. The molecule has 4 heteroatoms. The first kappa shape index (κ1) is 12.3. The fourth-order valence-corrected chi connectivity index (χ4v) is 1.99. The van der Waals surface area contributed by atoms with E-state index < -0.39 is 0 Å². The highest BCUT2D eigenvalue weighted by atomic mass is 79.9. The van der Waals surface area contributed by atoms with Crippen molar-refractivity contribution in [2.75, 3.05) is 14.2 Å². The molecule has 0 saturated carbocycles. The van der Waals surface area contributed by atoms with Crippen molar-refractivity contribution in [3.8, 4) is 11.5 Å². The standard InChI is InChI=1S/C11H14BrFO2/c1-6(2)7-5-8(12)10(14-3)11(15-4)9(7)13/h5-6H,1-4H3. The highest BCUT2D eigenvalue weighted by molar-refractivity contribution is 9.10. The molecule has 2 nitrogen and oxygen atoms in total. The van der Waals surface area contributed by atoms with Crippen LogP contribution in [0.2, 0.25) is 0 Å². The first-order valence-corrected chi connectivity index (χ1v) is 5.42. The fraction of sp³-hybridized carbons (Fsp3) is 0.455. The minimum Gasteiger partial charge on any atom is -0.492 e. The Labute approximate surface area is 97.5 Å². The zero-order valence-corrected chi connectivity index (χ0v) is 10.8. The monoisotopic (exact) mass is 276 g/mol. The Morgan fingerprint density at radius 2 is 1.73 bits per heavy atom. The van der Waals surface area contributed by atoms with Crippen molar-refractivity contribution in [1.29, 1.82) is 0 Å². The van der Waals surface area contributed by atoms with Crippen LogP contribution in [0.1, 0.15) is 25.3 Å². The first-order valence-electron chi connectivity index (χ1n) is 4.62. The summed E-state index contributed by atoms with van der Waals surface area (Å²) >= 11 is 3.33. The van der Waals surface area contributed by atoms with Gasteiger partial charge in [0.25, 0.3) is 0 Å². The van der Waals surface area contributed by atoms with Crippen LogP contribution in [0.4, 0.5) is 4.39 Å². The predicted octanol–water partition coefficient (Wildman–Crippen LogP) is 3.73. The van der Waals surface area contributed by atoms with Gasteiger partial charge in [-0.15, -0.1) is 0 Å². The Kier molecular flexibility index (Phi) is 3.97. The van der Waals surface area contributed by atoms with Crippen LogP contribution >= 0.6 is 15.9 Å². The van der Waals surface area contributed by atoms with Gasteiger partial charge < -0.3 is 9.47 Å². The molecule has 0 saturated heterocycles. The van der Waals surface area contributed by atoms with Crippen LogP contribution in [0.25, 0.3) is 0 Å². The minimum atomic E-state index is -0.354. The van der Waals surface area contributed by atoms with E-state index in [-0.39, 0.29) is 17.5 Å². The molecule has 1 rings (SSSR count). The molecule has 0 radical (unpaired) electrons. The summed E-state index contributed by atoms with van der Waals surface area (Å²) in [5.41, 5.74) is 0.611. The molecule has 1 aromatic rings. The molecule has 15 heavy (non-hydrogen) atoms. The van der Waals surface area contributed by atoms with Gasteiger partial charge in [-0.3, -0.25) is 0 Å². The van der Waals surface area contributed by atoms with Gasteiger partial charge in [0.15, 0.2) is 17.3 Å². The number of methoxy groups -OCH3 is 2. The number of hydrogen-bond acceptors (Lipinski definition) is 2. The van der Waals surface area contributed by atoms with Gasteiger partial charge in [-0.05, 0) is 33.5 Å². The average Bonchev–Trinajstić information content (AvgIpc) is 2.19. The van der Waals surface area contributed by atoms with E-state index in [2.05, 4.69) is 15.9 Å². The molecule has 0 bridgehead atoms. The molecule has 0 aliphatic heterocycles. The molecule has 0 N–H and O–H groups in total. The molecular weight excluding hydrogens is 263 g/mol. The van der Waals surface area contributed by atoms with Crippen molar-refractivity contribution in [3.63, 3.8) is 0 Å². The van der Waals surface area contributed by atoms with Gasteiger partial charge in [0.05, 0.1) is 18.7 Å². The molecule has 0 aliphatic rings. The van der Waals surface area contributed by atoms with E-state index in [1.165, 1.54) is 14.2 Å². The topological polar surface area (TPSA) is 18.5 Å². The summed E-state index contributed by atoms with van der Waals surface area (Å²) in [6.45, 7) is 3.85. The summed E-state index contributed by atoms with van der Waals surface area (Å²) in [6.07, 6.45) is 0. The maximum Gasteiger partial charge on any atom is 0.198 e. The average molecular weight is 277 g/mol. The number of ether oxygens (including phenoxy) is 2. The molecule has 0 fully saturated rings. The molecule has 0 amide bonds. The number of rotatable bonds is 3. The van der Waals surface area contributed by atoms with Crippen LogP contribution in [0.15, 0.2) is 10.5 Å². The van der Waals surface area contributed by atoms with Crippen LogP contribution in [0.3, 0.4) is 0 Å². The lowest BCUT2D eigenvalue weighted by Gasteiger charge is -2.15. The van der Waals surface area contributed by atoms with E-state index in [0.717, 1.165) is 0 Å². The van der Waals surface area contributed by atoms with Crippen LogP contribution in [-0.4, -0.2) is 14.2 Å². The first-order chi connectivity index (χ1) is 7.02. The van der Waals surface area contributed by atoms with Crippen molar-refractivity contribution in [1.82, 2.24) is 0 Å². The molecule has 0 aliphatic carbocycles. The largest absolute Gasteiger partial charge is 0.492 e. The summed E-state index contributed by atoms with van der Waals surface area (Å²) in [4.78, 5) is 0. The van der Waals surface area contributed by atoms with Gasteiger partial charge in [-0.2, -0.15) is 0 Å². The second-order valence-corrected chi connectivity index (χ2v) is 4.34. The summed E-state index contributed by atoms with van der Waals surface area (Å²) < 4.78 is 24.7. The molecule has 1 aromatic carbocycles. The Morgan fingerprint density at radius 3 is 2.13 bits per heavy atom. The van der Waals surface area contributed by atoms with E-state index in [1.807, 2.05) is 13.8 Å². The lowest BCUT2D eigenvalue weighted by molar-refractivity contribution is 0.333. The molecule has 84 valence electrons. The Bertz CT molecular complexity index is 364. The Morgan fingerprint density at radius 1 is 1.20 bits per heavy atom. The van der Waals surface area contributed by atoms with Gasteiger partial charge in [0.1, 0.15) is 0 Å². The van der Waals surface area contributed by atoms with Crippen molar-refractivity contribution in [2.24, 2.45) is 0 Å². The van der Waals surface area contributed by atoms with E-state index >= 15 is 0 Å². The van der Waals surface area contributed by atoms with Crippen LogP contribution in [-0.2, 0) is 0 Å². The third-order valence-electron chi connectivity index (χ3n) is 2.19. The molecular formula is C11H14BrFO2. The van der Waals surface area contributed by atoms with Gasteiger partial charge in [0, 0.05) is 0 Å². The van der Waals surface area contributed by atoms with Gasteiger partial charge in [-0.1, -0.05) is 13.8 Å². The quantitative estimate of drug-likeness (QED) is 0.838. The van der Waals surface area contributed by atoms with Crippen molar-refractivity contribution >= 4 is 15.9 Å². The van der Waals surface area contributed by atoms with Crippen LogP contribution in [0, 0.1) is 5.82 Å². The second kappa shape index (κ2) is 4.84. The molecule has 0 heterocycles. The predicted molar refractivity (Wildman–Crippen MR) is 61.3 cm³/mol. The van der Waals surface area contributed by atoms with Crippen molar-refractivity contribution < 1.29 is 13.9 Å². The highest BCUT2D eigenvalue weighted by Crippen LogP contribution is 2.40. The third kappa shape index (κ3) is 2.25. The normalized spacial score (nSPS) is 10.6. The lowest BCUT2D eigenvalue weighted by Crippen LogP contribution is -2.00. The fourth-order valence-electron chi connectivity index (χ4n) is 1.40. The number of hydrogen-bond donors (Lipinski definition) is 0. The summed E-state index contributed by atoms with van der Waals surface area (Å²) in [6, 6.07) is 1.72. The highest BCUT2D eigenvalue weighted by Gasteiger charge is 2.20. The Hall–Kier alpha value is -0.770. The molecule has 0 aromatic heterocycles. The second-order valence-electron chi connectivity index (χ2n) is 3.48. The zero-order chi connectivity index (χ0) is 11.6. The third-order valence-corrected chi connectivity index (χ3v) is 2.78. The van der Waals surface area contributed by atoms with Gasteiger partial charge in [0.2, 0.25) is 0 Å². The van der Waals surface area contributed by atoms with Crippen LogP contribution in [0.5, 0.6) is 11.5 Å². The van der Waals surface area contributed by atoms with E-state index in [1.54, 1.807) is 6.07 Å². The van der Waals surface area contributed by atoms with E-state index in [4.69, 9.17) is 9.47 Å². The summed E-state index contributed by atoms with van der Waals surface area (Å²) in [5.74, 6) is 0.281. The smallest absolute Gasteiger partial charge is 0.198 e. The molecule has 0 spiro atoms. The summed E-state index contributed by atoms with van der Waals surface area (Å²) in [7, 11) is 2.91. The zero-order valence-electron chi connectivity index (χ0n) is 9.23. The number of halogens is 2. The maximum atomic E-state index is 13.9. The summed E-state index contributed by atoms with van der Waals surface area (Å²) in [5, 5.41) is 0. The molecule has 0 atom stereocenters.